The Morgan fingerprint density at radius 3 is 2.82 bits per heavy atom. The van der Waals surface area contributed by atoms with Gasteiger partial charge in [-0.3, -0.25) is 4.79 Å². The van der Waals surface area contributed by atoms with Gasteiger partial charge in [-0.25, -0.2) is 0 Å². The van der Waals surface area contributed by atoms with Crippen molar-refractivity contribution in [1.29, 1.82) is 0 Å². The number of primary amides is 1. The van der Waals surface area contributed by atoms with Gasteiger partial charge in [0.05, 0.1) is 6.61 Å². The van der Waals surface area contributed by atoms with Gasteiger partial charge in [0.1, 0.15) is 5.75 Å². The van der Waals surface area contributed by atoms with E-state index in [1.165, 1.54) is 0 Å². The molecule has 5 heteroatoms. The molecule has 1 rings (SSSR count). The number of anilines is 2. The molecule has 0 fully saturated rings. The van der Waals surface area contributed by atoms with Crippen molar-refractivity contribution >= 4 is 17.3 Å². The van der Waals surface area contributed by atoms with Crippen molar-refractivity contribution in [2.45, 2.75) is 19.8 Å². The van der Waals surface area contributed by atoms with E-state index in [0.29, 0.717) is 25.3 Å². The van der Waals surface area contributed by atoms with Gasteiger partial charge in [0.15, 0.2) is 0 Å². The van der Waals surface area contributed by atoms with Crippen LogP contribution in [0.4, 0.5) is 11.4 Å². The number of hydrogen-bond donors (Lipinski definition) is 3. The van der Waals surface area contributed by atoms with Crippen LogP contribution >= 0.6 is 0 Å². The average Bonchev–Trinajstić information content (AvgIpc) is 2.25. The van der Waals surface area contributed by atoms with Crippen molar-refractivity contribution in [3.05, 3.63) is 18.2 Å². The standard InChI is InChI=1S/C12H19N3O2/c1-2-5-17-11-7-9(13)6-10(8-11)15-4-3-12(14)16/h6-8,15H,2-5,13H2,1H3,(H2,14,16). The van der Waals surface area contributed by atoms with E-state index in [2.05, 4.69) is 5.32 Å². The lowest BCUT2D eigenvalue weighted by Crippen LogP contribution is -2.15. The Bertz CT molecular complexity index is 380. The summed E-state index contributed by atoms with van der Waals surface area (Å²) in [5, 5.41) is 3.07. The summed E-state index contributed by atoms with van der Waals surface area (Å²) in [6.07, 6.45) is 1.24. The Balaban J connectivity index is 2.58. The molecule has 0 saturated carbocycles. The fourth-order valence-electron chi connectivity index (χ4n) is 1.36. The first-order chi connectivity index (χ1) is 8.11. The lowest BCUT2D eigenvalue weighted by Gasteiger charge is -2.10. The van der Waals surface area contributed by atoms with Crippen LogP contribution in [0, 0.1) is 0 Å². The number of amides is 1. The van der Waals surface area contributed by atoms with E-state index in [4.69, 9.17) is 16.2 Å². The van der Waals surface area contributed by atoms with Gasteiger partial charge in [-0.15, -0.1) is 0 Å². The van der Waals surface area contributed by atoms with Crippen LogP contribution in [0.3, 0.4) is 0 Å². The summed E-state index contributed by atoms with van der Waals surface area (Å²) in [7, 11) is 0. The highest BCUT2D eigenvalue weighted by Crippen LogP contribution is 2.22. The normalized spacial score (nSPS) is 9.94. The topological polar surface area (TPSA) is 90.4 Å². The molecule has 0 radical (unpaired) electrons. The molecular formula is C12H19N3O2. The van der Waals surface area contributed by atoms with E-state index < -0.39 is 0 Å². The number of benzene rings is 1. The van der Waals surface area contributed by atoms with E-state index in [1.54, 1.807) is 12.1 Å². The number of nitrogens with two attached hydrogens (primary N) is 2. The lowest BCUT2D eigenvalue weighted by molar-refractivity contribution is -0.117. The first-order valence-corrected chi connectivity index (χ1v) is 5.67. The molecule has 0 spiro atoms. The van der Waals surface area contributed by atoms with Crippen molar-refractivity contribution in [1.82, 2.24) is 0 Å². The molecule has 0 atom stereocenters. The molecule has 0 unspecified atom stereocenters. The fourth-order valence-corrected chi connectivity index (χ4v) is 1.36. The molecule has 1 amide bonds. The van der Waals surface area contributed by atoms with Crippen LogP contribution in [0.5, 0.6) is 5.75 Å². The predicted octanol–water partition coefficient (Wildman–Crippen LogP) is 1.34. The number of hydrogen-bond acceptors (Lipinski definition) is 4. The highest BCUT2D eigenvalue weighted by atomic mass is 16.5. The van der Waals surface area contributed by atoms with Crippen molar-refractivity contribution in [3.8, 4) is 5.75 Å². The van der Waals surface area contributed by atoms with Crippen LogP contribution in [0.2, 0.25) is 0 Å². The SMILES string of the molecule is CCCOc1cc(N)cc(NCCC(N)=O)c1. The summed E-state index contributed by atoms with van der Waals surface area (Å²) in [5.41, 5.74) is 12.3. The Morgan fingerprint density at radius 1 is 1.41 bits per heavy atom. The number of carbonyl (C=O) groups is 1. The lowest BCUT2D eigenvalue weighted by atomic mass is 10.2. The largest absolute Gasteiger partial charge is 0.493 e. The Morgan fingerprint density at radius 2 is 2.18 bits per heavy atom. The summed E-state index contributed by atoms with van der Waals surface area (Å²) >= 11 is 0. The van der Waals surface area contributed by atoms with Crippen LogP contribution in [-0.2, 0) is 4.79 Å². The highest BCUT2D eigenvalue weighted by Gasteiger charge is 2.00. The summed E-state index contributed by atoms with van der Waals surface area (Å²) in [6.45, 7) is 3.19. The van der Waals surface area contributed by atoms with Crippen LogP contribution in [0.25, 0.3) is 0 Å². The smallest absolute Gasteiger partial charge is 0.219 e. The zero-order valence-corrected chi connectivity index (χ0v) is 10.0. The predicted molar refractivity (Wildman–Crippen MR) is 68.9 cm³/mol. The van der Waals surface area contributed by atoms with Gasteiger partial charge in [-0.2, -0.15) is 0 Å². The Kier molecular flexibility index (Phi) is 5.13. The second-order valence-electron chi connectivity index (χ2n) is 3.78. The van der Waals surface area contributed by atoms with Gasteiger partial charge in [0.25, 0.3) is 0 Å². The minimum Gasteiger partial charge on any atom is -0.493 e. The molecule has 0 bridgehead atoms. The minimum atomic E-state index is -0.330. The van der Waals surface area contributed by atoms with Gasteiger partial charge < -0.3 is 21.5 Å². The van der Waals surface area contributed by atoms with Crippen LogP contribution < -0.4 is 21.5 Å². The third-order valence-electron chi connectivity index (χ3n) is 2.10. The molecule has 1 aromatic carbocycles. The molecule has 5 N–H and O–H groups in total. The van der Waals surface area contributed by atoms with Crippen LogP contribution in [0.1, 0.15) is 19.8 Å². The van der Waals surface area contributed by atoms with Gasteiger partial charge in [-0.1, -0.05) is 6.92 Å². The monoisotopic (exact) mass is 237 g/mol. The molecule has 1 aromatic rings. The Hall–Kier alpha value is -1.91. The number of carbonyl (C=O) groups excluding carboxylic acids is 1. The van der Waals surface area contributed by atoms with Gasteiger partial charge in [0.2, 0.25) is 5.91 Å². The number of nitrogen functional groups attached to an aromatic ring is 1. The maximum atomic E-state index is 10.6. The van der Waals surface area contributed by atoms with Crippen LogP contribution in [-0.4, -0.2) is 19.1 Å². The Labute approximate surface area is 101 Å². The zero-order chi connectivity index (χ0) is 12.7. The second kappa shape index (κ2) is 6.62. The van der Waals surface area contributed by atoms with E-state index in [0.717, 1.165) is 17.9 Å². The average molecular weight is 237 g/mol. The third-order valence-corrected chi connectivity index (χ3v) is 2.10. The molecule has 0 heterocycles. The summed E-state index contributed by atoms with van der Waals surface area (Å²) in [4.78, 5) is 10.6. The molecule has 0 aliphatic heterocycles. The highest BCUT2D eigenvalue weighted by molar-refractivity contribution is 5.74. The molecule has 0 aliphatic carbocycles. The quantitative estimate of drug-likeness (QED) is 0.624. The number of rotatable bonds is 7. The van der Waals surface area contributed by atoms with Gasteiger partial charge >= 0.3 is 0 Å². The maximum absolute atomic E-state index is 10.6. The number of ether oxygens (including phenoxy) is 1. The first kappa shape index (κ1) is 13.2. The van der Waals surface area contributed by atoms with Crippen molar-refractivity contribution in [2.24, 2.45) is 5.73 Å². The van der Waals surface area contributed by atoms with Crippen molar-refractivity contribution in [3.63, 3.8) is 0 Å². The van der Waals surface area contributed by atoms with Gasteiger partial charge in [-0.05, 0) is 12.5 Å². The van der Waals surface area contributed by atoms with E-state index >= 15 is 0 Å². The van der Waals surface area contributed by atoms with Crippen LogP contribution in [0.15, 0.2) is 18.2 Å². The molecule has 94 valence electrons. The molecule has 0 aromatic heterocycles. The third kappa shape index (κ3) is 5.10. The van der Waals surface area contributed by atoms with E-state index in [-0.39, 0.29) is 5.91 Å². The maximum Gasteiger partial charge on any atom is 0.219 e. The summed E-state index contributed by atoms with van der Waals surface area (Å²) < 4.78 is 5.49. The second-order valence-corrected chi connectivity index (χ2v) is 3.78. The summed E-state index contributed by atoms with van der Waals surface area (Å²) in [6, 6.07) is 5.42. The molecule has 17 heavy (non-hydrogen) atoms. The molecular weight excluding hydrogens is 218 g/mol. The van der Waals surface area contributed by atoms with E-state index in [9.17, 15) is 4.79 Å². The fraction of sp³-hybridized carbons (Fsp3) is 0.417. The van der Waals surface area contributed by atoms with Gasteiger partial charge in [0, 0.05) is 36.5 Å². The van der Waals surface area contributed by atoms with Crippen molar-refractivity contribution in [2.75, 3.05) is 24.2 Å². The minimum absolute atomic E-state index is 0.292. The molecule has 5 nitrogen and oxygen atoms in total. The first-order valence-electron chi connectivity index (χ1n) is 5.67. The van der Waals surface area contributed by atoms with Crippen molar-refractivity contribution < 1.29 is 9.53 Å². The molecule has 0 saturated heterocycles. The zero-order valence-electron chi connectivity index (χ0n) is 10.0. The van der Waals surface area contributed by atoms with E-state index in [1.807, 2.05) is 13.0 Å². The summed E-state index contributed by atoms with van der Waals surface area (Å²) in [5.74, 6) is 0.400. The number of nitrogens with one attached hydrogen (secondary N) is 1. The molecule has 0 aliphatic rings.